The topological polar surface area (TPSA) is 109 Å². The number of amides is 1. The van der Waals surface area contributed by atoms with Gasteiger partial charge in [0.15, 0.2) is 17.7 Å². The van der Waals surface area contributed by atoms with Crippen LogP contribution in [0.5, 0.6) is 0 Å². The van der Waals surface area contributed by atoms with Gasteiger partial charge in [0, 0.05) is 40.8 Å². The van der Waals surface area contributed by atoms with E-state index in [1.807, 2.05) is 0 Å². The molecule has 1 unspecified atom stereocenters. The van der Waals surface area contributed by atoms with Gasteiger partial charge in [0.1, 0.15) is 5.56 Å². The van der Waals surface area contributed by atoms with Crippen molar-refractivity contribution in [1.29, 1.82) is 0 Å². The summed E-state index contributed by atoms with van der Waals surface area (Å²) in [7, 11) is 0. The molecule has 8 nitrogen and oxygen atoms in total. The number of anilines is 2. The Morgan fingerprint density at radius 3 is 2.66 bits per heavy atom. The number of nitrogens with two attached hydrogens (primary N) is 1. The lowest BCUT2D eigenvalue weighted by atomic mass is 9.92. The summed E-state index contributed by atoms with van der Waals surface area (Å²) >= 11 is 0. The lowest BCUT2D eigenvalue weighted by molar-refractivity contribution is -0.0696. The Labute approximate surface area is 215 Å². The molecule has 2 aromatic heterocycles. The van der Waals surface area contributed by atoms with Crippen LogP contribution in [-0.4, -0.2) is 37.8 Å². The van der Waals surface area contributed by atoms with Gasteiger partial charge in [-0.15, -0.1) is 5.10 Å². The quantitative estimate of drug-likeness (QED) is 0.354. The molecule has 1 aliphatic rings. The van der Waals surface area contributed by atoms with Crippen LogP contribution in [0.2, 0.25) is 0 Å². The molecular weight excluding hydrogens is 497 g/mol. The van der Waals surface area contributed by atoms with Crippen molar-refractivity contribution in [2.24, 2.45) is 0 Å². The zero-order chi connectivity index (χ0) is 27.0. The molecule has 3 heterocycles. The zero-order valence-electron chi connectivity index (χ0n) is 19.9. The number of carbonyl (C=O) groups excluding carboxylic acids is 1. The first kappa shape index (κ1) is 24.9. The minimum absolute atomic E-state index is 0.00389. The number of halogens is 3. The third-order valence-corrected chi connectivity index (χ3v) is 6.04. The van der Waals surface area contributed by atoms with Gasteiger partial charge in [-0.05, 0) is 42.8 Å². The van der Waals surface area contributed by atoms with Gasteiger partial charge in [0.2, 0.25) is 0 Å². The van der Waals surface area contributed by atoms with Gasteiger partial charge in [-0.1, -0.05) is 36.3 Å². The first-order valence-corrected chi connectivity index (χ1v) is 11.5. The van der Waals surface area contributed by atoms with Crippen LogP contribution >= 0.6 is 0 Å². The second-order valence-corrected chi connectivity index (χ2v) is 8.55. The lowest BCUT2D eigenvalue weighted by Gasteiger charge is -2.39. The molecule has 5 rings (SSSR count). The number of aromatic nitrogens is 3. The Balaban J connectivity index is 1.57. The largest absolute Gasteiger partial charge is 0.458 e. The number of alkyl halides is 3. The number of nitrogen functional groups attached to an aromatic ring is 1. The van der Waals surface area contributed by atoms with Gasteiger partial charge in [-0.25, -0.2) is 9.50 Å². The molecular formula is C27H21F3N6O2. The standard InChI is InChI=1S/C27H21F3N6O2/c1-16(33-25(37)22-23(31)34-35-14-6-13-32-24(22)35)20-15-18-8-5-7-17(11-12-27(28,29)30)21(18)26(38)36(20)19-9-3-2-4-10-19/h2-10,13-16,26,38H,1H3,(H2,31,34)(H,33,37)/t16-,26?/m1/s1. The van der Waals surface area contributed by atoms with E-state index in [1.54, 1.807) is 72.6 Å². The number of nitrogens with zero attached hydrogens (tertiary/aromatic N) is 4. The average Bonchev–Trinajstić information content (AvgIpc) is 3.23. The summed E-state index contributed by atoms with van der Waals surface area (Å²) in [5.74, 6) is 2.90. The van der Waals surface area contributed by atoms with Gasteiger partial charge < -0.3 is 21.1 Å². The summed E-state index contributed by atoms with van der Waals surface area (Å²) in [5, 5.41) is 18.5. The van der Waals surface area contributed by atoms with Gasteiger partial charge >= 0.3 is 6.18 Å². The van der Waals surface area contributed by atoms with Gasteiger partial charge in [-0.2, -0.15) is 13.2 Å². The van der Waals surface area contributed by atoms with E-state index < -0.39 is 24.4 Å². The normalized spacial score (nSPS) is 15.8. The molecule has 0 saturated carbocycles. The summed E-state index contributed by atoms with van der Waals surface area (Å²) in [6.07, 6.45) is -1.22. The highest BCUT2D eigenvalue weighted by molar-refractivity contribution is 6.04. The van der Waals surface area contributed by atoms with Crippen molar-refractivity contribution in [3.05, 3.63) is 94.9 Å². The zero-order valence-corrected chi connectivity index (χ0v) is 19.9. The van der Waals surface area contributed by atoms with Crippen molar-refractivity contribution in [2.75, 3.05) is 10.6 Å². The van der Waals surface area contributed by atoms with Crippen molar-refractivity contribution >= 4 is 29.1 Å². The Bertz CT molecular complexity index is 1620. The van der Waals surface area contributed by atoms with E-state index in [9.17, 15) is 23.1 Å². The summed E-state index contributed by atoms with van der Waals surface area (Å²) in [6, 6.07) is 14.4. The number of rotatable bonds is 4. The Kier molecular flexibility index (Phi) is 6.26. The highest BCUT2D eigenvalue weighted by Gasteiger charge is 2.34. The van der Waals surface area contributed by atoms with E-state index >= 15 is 0 Å². The van der Waals surface area contributed by atoms with Gasteiger partial charge in [0.05, 0.1) is 6.04 Å². The molecule has 4 aromatic rings. The number of nitrogens with one attached hydrogen (secondary N) is 1. The molecule has 0 saturated heterocycles. The number of hydrogen-bond donors (Lipinski definition) is 3. The van der Waals surface area contributed by atoms with Crippen LogP contribution in [0.15, 0.2) is 72.7 Å². The second-order valence-electron chi connectivity index (χ2n) is 8.55. The molecule has 4 N–H and O–H groups in total. The average molecular weight is 518 g/mol. The third kappa shape index (κ3) is 4.65. The Morgan fingerprint density at radius 1 is 1.16 bits per heavy atom. The molecule has 2 aromatic carbocycles. The molecule has 0 fully saturated rings. The fraction of sp³-hybridized carbons (Fsp3) is 0.148. The third-order valence-electron chi connectivity index (χ3n) is 6.04. The van der Waals surface area contributed by atoms with Crippen LogP contribution in [0.25, 0.3) is 11.7 Å². The maximum atomic E-state index is 13.3. The smallest absolute Gasteiger partial charge is 0.381 e. The number of fused-ring (bicyclic) bond motifs is 2. The first-order chi connectivity index (χ1) is 18.1. The molecule has 0 radical (unpaired) electrons. The van der Waals surface area contributed by atoms with E-state index in [0.717, 1.165) is 0 Å². The highest BCUT2D eigenvalue weighted by Crippen LogP contribution is 2.39. The van der Waals surface area contributed by atoms with Gasteiger partial charge in [-0.3, -0.25) is 4.79 Å². The molecule has 0 bridgehead atoms. The van der Waals surface area contributed by atoms with E-state index in [2.05, 4.69) is 21.3 Å². The number of para-hydroxylation sites is 1. The van der Waals surface area contributed by atoms with Gasteiger partial charge in [0.25, 0.3) is 5.91 Å². The fourth-order valence-electron chi connectivity index (χ4n) is 4.42. The predicted octanol–water partition coefficient (Wildman–Crippen LogP) is 3.90. The van der Waals surface area contributed by atoms with E-state index in [0.29, 0.717) is 16.9 Å². The van der Waals surface area contributed by atoms with E-state index in [1.165, 1.54) is 22.7 Å². The first-order valence-electron chi connectivity index (χ1n) is 11.5. The summed E-state index contributed by atoms with van der Waals surface area (Å²) in [6.45, 7) is 1.72. The molecule has 0 aliphatic carbocycles. The summed E-state index contributed by atoms with van der Waals surface area (Å²) in [4.78, 5) is 19.0. The minimum atomic E-state index is -4.68. The van der Waals surface area contributed by atoms with Crippen LogP contribution in [0.4, 0.5) is 24.7 Å². The maximum absolute atomic E-state index is 13.3. The van der Waals surface area contributed by atoms with Crippen molar-refractivity contribution in [3.8, 4) is 11.8 Å². The predicted molar refractivity (Wildman–Crippen MR) is 136 cm³/mol. The number of benzene rings is 2. The molecule has 0 spiro atoms. The Morgan fingerprint density at radius 2 is 1.92 bits per heavy atom. The fourth-order valence-corrected chi connectivity index (χ4v) is 4.42. The van der Waals surface area contributed by atoms with Crippen LogP contribution in [-0.2, 0) is 0 Å². The second kappa shape index (κ2) is 9.57. The highest BCUT2D eigenvalue weighted by atomic mass is 19.4. The lowest BCUT2D eigenvalue weighted by Crippen LogP contribution is -2.43. The number of aliphatic hydroxyl groups is 1. The van der Waals surface area contributed by atoms with E-state index in [4.69, 9.17) is 5.73 Å². The molecule has 1 aliphatic heterocycles. The monoisotopic (exact) mass is 518 g/mol. The number of hydrogen-bond acceptors (Lipinski definition) is 6. The maximum Gasteiger partial charge on any atom is 0.458 e. The van der Waals surface area contributed by atoms with Crippen LogP contribution < -0.4 is 16.0 Å². The molecule has 1 amide bonds. The Hall–Kier alpha value is -4.82. The minimum Gasteiger partial charge on any atom is -0.381 e. The van der Waals surface area contributed by atoms with Crippen molar-refractivity contribution in [1.82, 2.24) is 19.9 Å². The molecule has 38 heavy (non-hydrogen) atoms. The molecule has 2 atom stereocenters. The molecule has 11 heteroatoms. The summed E-state index contributed by atoms with van der Waals surface area (Å²) < 4.78 is 39.9. The molecule has 192 valence electrons. The summed E-state index contributed by atoms with van der Waals surface area (Å²) in [5.41, 5.74) is 8.19. The van der Waals surface area contributed by atoms with E-state index in [-0.39, 0.29) is 28.2 Å². The van der Waals surface area contributed by atoms with Crippen molar-refractivity contribution < 1.29 is 23.1 Å². The van der Waals surface area contributed by atoms with Crippen LogP contribution in [0.1, 0.15) is 40.2 Å². The van der Waals surface area contributed by atoms with Crippen LogP contribution in [0.3, 0.4) is 0 Å². The van der Waals surface area contributed by atoms with Crippen molar-refractivity contribution in [3.63, 3.8) is 0 Å². The van der Waals surface area contributed by atoms with Crippen LogP contribution in [0, 0.1) is 11.8 Å². The van der Waals surface area contributed by atoms with Crippen molar-refractivity contribution in [2.45, 2.75) is 25.4 Å². The number of carbonyl (C=O) groups is 1. The SMILES string of the molecule is C[C@@H](NC(=O)c1c(N)nn2cccnc12)C1=Cc2cccc(C#CC(F)(F)F)c2C(O)N1c1ccccc1. The number of aliphatic hydroxyl groups excluding tert-OH is 1.